The van der Waals surface area contributed by atoms with E-state index < -0.39 is 0 Å². The molecule has 0 unspecified atom stereocenters. The number of hydrogen-bond acceptors (Lipinski definition) is 3. The molecule has 0 radical (unpaired) electrons. The number of benzene rings is 2. The van der Waals surface area contributed by atoms with Crippen molar-refractivity contribution in [2.45, 2.75) is 27.3 Å². The number of carbonyl (C=O) groups is 1. The van der Waals surface area contributed by atoms with E-state index in [4.69, 9.17) is 0 Å². The van der Waals surface area contributed by atoms with Crippen molar-refractivity contribution >= 4 is 23.2 Å². The predicted octanol–water partition coefficient (Wildman–Crippen LogP) is 3.14. The molecule has 0 fully saturated rings. The second-order valence-corrected chi connectivity index (χ2v) is 6.65. The second-order valence-electron chi connectivity index (χ2n) is 6.65. The van der Waals surface area contributed by atoms with Crippen molar-refractivity contribution in [2.24, 2.45) is 4.99 Å². The van der Waals surface area contributed by atoms with Crippen molar-refractivity contribution < 1.29 is 4.79 Å². The number of amides is 1. The Bertz CT molecular complexity index is 803. The van der Waals surface area contributed by atoms with E-state index in [1.807, 2.05) is 24.3 Å². The molecule has 0 heterocycles. The smallest absolute Gasteiger partial charge is 0.221 e. The fourth-order valence-corrected chi connectivity index (χ4v) is 2.97. The molecular formula is C22H31N5O. The van der Waals surface area contributed by atoms with Crippen LogP contribution in [-0.2, 0) is 11.3 Å². The van der Waals surface area contributed by atoms with Crippen LogP contribution in [-0.4, -0.2) is 38.5 Å². The van der Waals surface area contributed by atoms with Gasteiger partial charge in [-0.05, 0) is 49.2 Å². The van der Waals surface area contributed by atoms with Crippen molar-refractivity contribution in [3.63, 3.8) is 0 Å². The molecule has 0 aliphatic carbocycles. The van der Waals surface area contributed by atoms with Crippen LogP contribution in [0.4, 0.5) is 11.4 Å². The molecule has 0 aliphatic heterocycles. The topological polar surface area (TPSA) is 68.8 Å². The lowest BCUT2D eigenvalue weighted by Gasteiger charge is -2.24. The zero-order valence-electron chi connectivity index (χ0n) is 17.2. The van der Waals surface area contributed by atoms with Gasteiger partial charge in [-0.3, -0.25) is 9.79 Å². The highest BCUT2D eigenvalue weighted by molar-refractivity contribution is 5.88. The zero-order valence-corrected chi connectivity index (χ0v) is 17.2. The first-order valence-electron chi connectivity index (χ1n) is 9.64. The number of aryl methyl sites for hydroxylation is 1. The molecule has 0 saturated carbocycles. The number of likely N-dealkylation sites (N-methyl/N-ethyl adjacent to an activating group) is 1. The van der Waals surface area contributed by atoms with Gasteiger partial charge < -0.3 is 20.9 Å². The average Bonchev–Trinajstić information content (AvgIpc) is 2.67. The Morgan fingerprint density at radius 1 is 1.11 bits per heavy atom. The Labute approximate surface area is 168 Å². The third kappa shape index (κ3) is 6.95. The first-order chi connectivity index (χ1) is 13.5. The summed E-state index contributed by atoms with van der Waals surface area (Å²) < 4.78 is 0. The van der Waals surface area contributed by atoms with Crippen LogP contribution in [0.5, 0.6) is 0 Å². The van der Waals surface area contributed by atoms with Crippen LogP contribution in [0.15, 0.2) is 53.5 Å². The minimum atomic E-state index is -0.0725. The van der Waals surface area contributed by atoms with Gasteiger partial charge in [0.2, 0.25) is 5.91 Å². The number of nitrogens with zero attached hydrogens (tertiary/aromatic N) is 2. The van der Waals surface area contributed by atoms with E-state index in [9.17, 15) is 4.79 Å². The van der Waals surface area contributed by atoms with Crippen LogP contribution in [0.3, 0.4) is 0 Å². The predicted molar refractivity (Wildman–Crippen MR) is 118 cm³/mol. The highest BCUT2D eigenvalue weighted by atomic mass is 16.1. The lowest BCUT2D eigenvalue weighted by molar-refractivity contribution is -0.114. The van der Waals surface area contributed by atoms with Gasteiger partial charge >= 0.3 is 0 Å². The standard InChI is InChI=1S/C22H31N5O/c1-5-27(21-11-6-8-17(2)14-21)13-12-24-22(23-4)25-16-19-9-7-10-20(15-19)26-18(3)28/h6-11,14-15H,5,12-13,16H2,1-4H3,(H,26,28)(H2,23,24,25). The summed E-state index contributed by atoms with van der Waals surface area (Å²) in [5.74, 6) is 0.682. The maximum Gasteiger partial charge on any atom is 0.221 e. The first kappa shape index (κ1) is 21.3. The number of anilines is 2. The van der Waals surface area contributed by atoms with Crippen molar-refractivity contribution in [1.82, 2.24) is 10.6 Å². The summed E-state index contributed by atoms with van der Waals surface area (Å²) in [5.41, 5.74) is 4.38. The molecule has 150 valence electrons. The van der Waals surface area contributed by atoms with E-state index in [1.54, 1.807) is 7.05 Å². The second kappa shape index (κ2) is 11.0. The molecule has 28 heavy (non-hydrogen) atoms. The van der Waals surface area contributed by atoms with Gasteiger partial charge in [-0.25, -0.2) is 0 Å². The monoisotopic (exact) mass is 381 g/mol. The highest BCUT2D eigenvalue weighted by Gasteiger charge is 2.05. The Morgan fingerprint density at radius 2 is 1.89 bits per heavy atom. The van der Waals surface area contributed by atoms with Crippen molar-refractivity contribution in [3.05, 3.63) is 59.7 Å². The van der Waals surface area contributed by atoms with Crippen molar-refractivity contribution in [1.29, 1.82) is 0 Å². The minimum Gasteiger partial charge on any atom is -0.370 e. The molecule has 3 N–H and O–H groups in total. The summed E-state index contributed by atoms with van der Waals surface area (Å²) in [4.78, 5) is 17.8. The van der Waals surface area contributed by atoms with E-state index in [0.717, 1.165) is 36.8 Å². The fraction of sp³-hybridized carbons (Fsp3) is 0.364. The van der Waals surface area contributed by atoms with Crippen LogP contribution < -0.4 is 20.9 Å². The molecule has 1 amide bonds. The van der Waals surface area contributed by atoms with Gasteiger partial charge in [-0.2, -0.15) is 0 Å². The third-order valence-electron chi connectivity index (χ3n) is 4.35. The van der Waals surface area contributed by atoms with Gasteiger partial charge in [0.1, 0.15) is 0 Å². The summed E-state index contributed by atoms with van der Waals surface area (Å²) in [6.07, 6.45) is 0. The molecule has 6 heteroatoms. The van der Waals surface area contributed by atoms with Crippen LogP contribution in [0.1, 0.15) is 25.0 Å². The summed E-state index contributed by atoms with van der Waals surface area (Å²) in [7, 11) is 1.77. The molecular weight excluding hydrogens is 350 g/mol. The molecule has 0 atom stereocenters. The van der Waals surface area contributed by atoms with E-state index in [0.29, 0.717) is 6.54 Å². The summed E-state index contributed by atoms with van der Waals surface area (Å²) >= 11 is 0. The number of carbonyl (C=O) groups excluding carboxylic acids is 1. The number of nitrogens with one attached hydrogen (secondary N) is 3. The molecule has 0 bridgehead atoms. The van der Waals surface area contributed by atoms with Gasteiger partial charge in [-0.15, -0.1) is 0 Å². The van der Waals surface area contributed by atoms with E-state index in [2.05, 4.69) is 64.0 Å². The van der Waals surface area contributed by atoms with Gasteiger partial charge in [0.25, 0.3) is 0 Å². The van der Waals surface area contributed by atoms with Gasteiger partial charge in [0.15, 0.2) is 5.96 Å². The number of hydrogen-bond donors (Lipinski definition) is 3. The Hall–Kier alpha value is -3.02. The number of aliphatic imine (C=N–C) groups is 1. The summed E-state index contributed by atoms with van der Waals surface area (Å²) in [5, 5.41) is 9.48. The van der Waals surface area contributed by atoms with Crippen LogP contribution in [0, 0.1) is 6.92 Å². The molecule has 0 spiro atoms. The Kier molecular flexibility index (Phi) is 8.34. The Morgan fingerprint density at radius 3 is 2.57 bits per heavy atom. The SMILES string of the molecule is CCN(CCNC(=NC)NCc1cccc(NC(C)=O)c1)c1cccc(C)c1. The van der Waals surface area contributed by atoms with E-state index in [-0.39, 0.29) is 5.91 Å². The Balaban J connectivity index is 1.83. The highest BCUT2D eigenvalue weighted by Crippen LogP contribution is 2.15. The molecule has 0 aromatic heterocycles. The lowest BCUT2D eigenvalue weighted by Crippen LogP contribution is -2.41. The molecule has 0 saturated heterocycles. The quantitative estimate of drug-likeness (QED) is 0.485. The third-order valence-corrected chi connectivity index (χ3v) is 4.35. The molecule has 2 rings (SSSR count). The summed E-state index contributed by atoms with van der Waals surface area (Å²) in [6.45, 7) is 9.04. The van der Waals surface area contributed by atoms with Crippen molar-refractivity contribution in [2.75, 3.05) is 36.9 Å². The lowest BCUT2D eigenvalue weighted by atomic mass is 10.2. The van der Waals surface area contributed by atoms with E-state index in [1.165, 1.54) is 18.2 Å². The molecule has 6 nitrogen and oxygen atoms in total. The van der Waals surface area contributed by atoms with Crippen LogP contribution >= 0.6 is 0 Å². The van der Waals surface area contributed by atoms with Gasteiger partial charge in [0, 0.05) is 51.5 Å². The zero-order chi connectivity index (χ0) is 20.4. The van der Waals surface area contributed by atoms with Crippen molar-refractivity contribution in [3.8, 4) is 0 Å². The van der Waals surface area contributed by atoms with Gasteiger partial charge in [-0.1, -0.05) is 24.3 Å². The maximum atomic E-state index is 11.2. The normalized spacial score (nSPS) is 11.1. The molecule has 2 aromatic rings. The first-order valence-corrected chi connectivity index (χ1v) is 9.64. The number of rotatable bonds is 8. The van der Waals surface area contributed by atoms with Crippen LogP contribution in [0.25, 0.3) is 0 Å². The maximum absolute atomic E-state index is 11.2. The van der Waals surface area contributed by atoms with E-state index >= 15 is 0 Å². The average molecular weight is 382 g/mol. The largest absolute Gasteiger partial charge is 0.370 e. The van der Waals surface area contributed by atoms with Gasteiger partial charge in [0.05, 0.1) is 0 Å². The fourth-order valence-electron chi connectivity index (χ4n) is 2.97. The summed E-state index contributed by atoms with van der Waals surface area (Å²) in [6, 6.07) is 16.3. The molecule has 0 aliphatic rings. The number of guanidine groups is 1. The van der Waals surface area contributed by atoms with Crippen LogP contribution in [0.2, 0.25) is 0 Å². The minimum absolute atomic E-state index is 0.0725. The molecule has 2 aromatic carbocycles.